The van der Waals surface area contributed by atoms with Crippen LogP contribution in [0.2, 0.25) is 0 Å². The van der Waals surface area contributed by atoms with Gasteiger partial charge in [-0.3, -0.25) is 4.99 Å². The van der Waals surface area contributed by atoms with Crippen LogP contribution in [-0.4, -0.2) is 5.71 Å². The van der Waals surface area contributed by atoms with Crippen molar-refractivity contribution in [3.05, 3.63) is 210 Å². The van der Waals surface area contributed by atoms with Crippen LogP contribution in [0, 0.1) is 0 Å². The van der Waals surface area contributed by atoms with Gasteiger partial charge in [-0.15, -0.1) is 0 Å². The first kappa shape index (κ1) is 29.7. The Labute approximate surface area is 277 Å². The molecule has 0 saturated carbocycles. The zero-order valence-electron chi connectivity index (χ0n) is 26.3. The van der Waals surface area contributed by atoms with Crippen LogP contribution in [0.4, 0.5) is 0 Å². The first-order chi connectivity index (χ1) is 23.2. The Kier molecular flexibility index (Phi) is 8.83. The van der Waals surface area contributed by atoms with Gasteiger partial charge >= 0.3 is 0 Å². The molecular formula is C45H36N2. The van der Waals surface area contributed by atoms with Crippen molar-refractivity contribution >= 4 is 22.2 Å². The maximum atomic E-state index is 6.74. The average Bonchev–Trinajstić information content (AvgIpc) is 3.14. The maximum absolute atomic E-state index is 6.74. The Morgan fingerprint density at radius 2 is 1.06 bits per heavy atom. The first-order valence-electron chi connectivity index (χ1n) is 16.1. The first-order valence-corrected chi connectivity index (χ1v) is 16.1. The summed E-state index contributed by atoms with van der Waals surface area (Å²) in [4.78, 5) is 4.96. The van der Waals surface area contributed by atoms with E-state index < -0.39 is 0 Å². The molecule has 7 aromatic rings. The van der Waals surface area contributed by atoms with Crippen molar-refractivity contribution < 1.29 is 0 Å². The number of nitrogens with two attached hydrogens (primary N) is 1. The van der Waals surface area contributed by atoms with E-state index >= 15 is 0 Å². The molecule has 47 heavy (non-hydrogen) atoms. The smallest absolute Gasteiger partial charge is 0.0671 e. The molecule has 0 amide bonds. The van der Waals surface area contributed by atoms with E-state index in [0.717, 1.165) is 34.4 Å². The van der Waals surface area contributed by atoms with Gasteiger partial charge in [-0.1, -0.05) is 176 Å². The van der Waals surface area contributed by atoms with Gasteiger partial charge in [0.05, 0.1) is 12.3 Å². The summed E-state index contributed by atoms with van der Waals surface area (Å²) in [6.45, 7) is 0.589. The molecular weight excluding hydrogens is 569 g/mol. The van der Waals surface area contributed by atoms with Crippen LogP contribution < -0.4 is 5.73 Å². The molecule has 7 rings (SSSR count). The number of benzene rings is 7. The molecule has 7 aromatic carbocycles. The Morgan fingerprint density at radius 1 is 0.489 bits per heavy atom. The summed E-state index contributed by atoms with van der Waals surface area (Å²) in [6.07, 6.45) is 2.91. The maximum Gasteiger partial charge on any atom is 0.0671 e. The van der Waals surface area contributed by atoms with E-state index in [-0.39, 0.29) is 0 Å². The van der Waals surface area contributed by atoms with Gasteiger partial charge in [-0.25, -0.2) is 0 Å². The number of hydrogen-bond acceptors (Lipinski definition) is 2. The molecule has 0 aliphatic heterocycles. The molecule has 2 heteroatoms. The Balaban J connectivity index is 1.21. The molecule has 226 valence electrons. The molecule has 2 nitrogen and oxygen atoms in total. The standard InChI is InChI=1S/C45H36N2/c46-43(31-44(39-17-8-3-9-18-39)47-32-35-14-6-2-7-15-35)38-26-24-37(25-27-38)42-29-28-36-16-10-11-19-41(36)45(42)40-22-20-34(21-23-40)30-33-12-4-1-5-13-33/h1-29,31H,30,32,46H2/b43-31-,47-44?. The minimum Gasteiger partial charge on any atom is -0.398 e. The third kappa shape index (κ3) is 6.98. The second-order valence-corrected chi connectivity index (χ2v) is 11.8. The van der Waals surface area contributed by atoms with E-state index in [1.54, 1.807) is 0 Å². The summed E-state index contributed by atoms with van der Waals surface area (Å²) >= 11 is 0. The number of fused-ring (bicyclic) bond motifs is 1. The van der Waals surface area contributed by atoms with Gasteiger partial charge in [-0.05, 0) is 73.3 Å². The highest BCUT2D eigenvalue weighted by molar-refractivity contribution is 6.12. The van der Waals surface area contributed by atoms with Crippen molar-refractivity contribution in [1.29, 1.82) is 0 Å². The predicted octanol–water partition coefficient (Wildman–Crippen LogP) is 10.8. The van der Waals surface area contributed by atoms with Crippen molar-refractivity contribution in [2.24, 2.45) is 10.7 Å². The van der Waals surface area contributed by atoms with Crippen molar-refractivity contribution in [1.82, 2.24) is 0 Å². The molecule has 0 spiro atoms. The molecule has 0 heterocycles. The van der Waals surface area contributed by atoms with Crippen molar-refractivity contribution in [3.63, 3.8) is 0 Å². The summed E-state index contributed by atoms with van der Waals surface area (Å²) in [5.41, 5.74) is 18.9. The van der Waals surface area contributed by atoms with Crippen LogP contribution in [-0.2, 0) is 13.0 Å². The lowest BCUT2D eigenvalue weighted by molar-refractivity contribution is 1.07. The SMILES string of the molecule is N/C(=C\C(=NCc1ccccc1)c1ccccc1)c1ccc(-c2ccc3ccccc3c2-c2ccc(Cc3ccccc3)cc2)cc1. The van der Waals surface area contributed by atoms with Gasteiger partial charge in [0, 0.05) is 5.70 Å². The predicted molar refractivity (Wildman–Crippen MR) is 199 cm³/mol. The highest BCUT2D eigenvalue weighted by Gasteiger charge is 2.13. The molecule has 0 unspecified atom stereocenters. The largest absolute Gasteiger partial charge is 0.398 e. The van der Waals surface area contributed by atoms with Crippen LogP contribution in [0.5, 0.6) is 0 Å². The van der Waals surface area contributed by atoms with E-state index in [0.29, 0.717) is 12.2 Å². The number of hydrogen-bond donors (Lipinski definition) is 1. The molecule has 0 radical (unpaired) electrons. The Morgan fingerprint density at radius 3 is 1.77 bits per heavy atom. The number of nitrogens with zero attached hydrogens (tertiary/aromatic N) is 1. The van der Waals surface area contributed by atoms with Crippen LogP contribution in [0.1, 0.15) is 27.8 Å². The van der Waals surface area contributed by atoms with E-state index in [1.807, 2.05) is 42.5 Å². The second-order valence-electron chi connectivity index (χ2n) is 11.8. The van der Waals surface area contributed by atoms with Gasteiger partial charge in [0.25, 0.3) is 0 Å². The van der Waals surface area contributed by atoms with Crippen LogP contribution >= 0.6 is 0 Å². The fraction of sp³-hybridized carbons (Fsp3) is 0.0444. The Hall–Kier alpha value is -5.99. The van der Waals surface area contributed by atoms with E-state index in [2.05, 4.69) is 140 Å². The zero-order chi connectivity index (χ0) is 31.8. The van der Waals surface area contributed by atoms with Crippen molar-refractivity contribution in [3.8, 4) is 22.3 Å². The van der Waals surface area contributed by atoms with Gasteiger partial charge < -0.3 is 5.73 Å². The number of rotatable bonds is 9. The molecule has 0 aromatic heterocycles. The topological polar surface area (TPSA) is 38.4 Å². The quantitative estimate of drug-likeness (QED) is 0.164. The minimum atomic E-state index is 0.589. The van der Waals surface area contributed by atoms with E-state index in [1.165, 1.54) is 38.6 Å². The molecule has 0 saturated heterocycles. The summed E-state index contributed by atoms with van der Waals surface area (Å²) in [6, 6.07) is 61.9. The van der Waals surface area contributed by atoms with Crippen LogP contribution in [0.25, 0.3) is 38.7 Å². The van der Waals surface area contributed by atoms with E-state index in [9.17, 15) is 0 Å². The van der Waals surface area contributed by atoms with Gasteiger partial charge in [0.15, 0.2) is 0 Å². The summed E-state index contributed by atoms with van der Waals surface area (Å²) < 4.78 is 0. The van der Waals surface area contributed by atoms with Crippen molar-refractivity contribution in [2.75, 3.05) is 0 Å². The average molecular weight is 605 g/mol. The van der Waals surface area contributed by atoms with Gasteiger partial charge in [-0.2, -0.15) is 0 Å². The molecule has 0 fully saturated rings. The van der Waals surface area contributed by atoms with Gasteiger partial charge in [0.1, 0.15) is 0 Å². The fourth-order valence-corrected chi connectivity index (χ4v) is 6.11. The molecule has 0 bridgehead atoms. The molecule has 2 N–H and O–H groups in total. The highest BCUT2D eigenvalue weighted by Crippen LogP contribution is 2.38. The number of allylic oxidation sites excluding steroid dienone is 1. The lowest BCUT2D eigenvalue weighted by Gasteiger charge is -2.15. The summed E-state index contributed by atoms with van der Waals surface area (Å²) in [5.74, 6) is 0. The zero-order valence-corrected chi connectivity index (χ0v) is 26.3. The van der Waals surface area contributed by atoms with E-state index in [4.69, 9.17) is 10.7 Å². The summed E-state index contributed by atoms with van der Waals surface area (Å²) in [5, 5.41) is 2.47. The molecule has 0 atom stereocenters. The lowest BCUT2D eigenvalue weighted by Crippen LogP contribution is -2.04. The monoisotopic (exact) mass is 604 g/mol. The molecule has 0 aliphatic rings. The lowest BCUT2D eigenvalue weighted by atomic mass is 9.89. The number of aliphatic imine (C=N–C) groups is 1. The van der Waals surface area contributed by atoms with Crippen LogP contribution in [0.3, 0.4) is 0 Å². The second kappa shape index (κ2) is 14.0. The normalized spacial score (nSPS) is 11.9. The minimum absolute atomic E-state index is 0.589. The third-order valence-corrected chi connectivity index (χ3v) is 8.59. The summed E-state index contributed by atoms with van der Waals surface area (Å²) in [7, 11) is 0. The van der Waals surface area contributed by atoms with Gasteiger partial charge in [0.2, 0.25) is 0 Å². The van der Waals surface area contributed by atoms with Crippen molar-refractivity contribution in [2.45, 2.75) is 13.0 Å². The van der Waals surface area contributed by atoms with Crippen LogP contribution in [0.15, 0.2) is 187 Å². The molecule has 0 aliphatic carbocycles. The fourth-order valence-electron chi connectivity index (χ4n) is 6.11. The Bertz CT molecular complexity index is 2140. The third-order valence-electron chi connectivity index (χ3n) is 8.59. The highest BCUT2D eigenvalue weighted by atomic mass is 14.7.